The van der Waals surface area contributed by atoms with E-state index in [0.29, 0.717) is 18.8 Å². The average Bonchev–Trinajstić information content (AvgIpc) is 2.71. The van der Waals surface area contributed by atoms with Gasteiger partial charge in [-0.1, -0.05) is 25.5 Å². The second-order valence-corrected chi connectivity index (χ2v) is 4.91. The molecule has 0 bridgehead atoms. The molecule has 1 aliphatic carbocycles. The minimum atomic E-state index is -0.265. The van der Waals surface area contributed by atoms with Crippen LogP contribution in [0.1, 0.15) is 33.1 Å². The molecule has 1 unspecified atom stereocenters. The van der Waals surface area contributed by atoms with Crippen molar-refractivity contribution in [2.45, 2.75) is 39.2 Å². The molecule has 2 rings (SSSR count). The molecule has 0 radical (unpaired) electrons. The first-order valence-electron chi connectivity index (χ1n) is 6.06. The van der Waals surface area contributed by atoms with Crippen molar-refractivity contribution in [2.24, 2.45) is 5.92 Å². The van der Waals surface area contributed by atoms with Gasteiger partial charge in [0.1, 0.15) is 6.04 Å². The number of allylic oxidation sites excluding steroid dienone is 3. The van der Waals surface area contributed by atoms with E-state index in [9.17, 15) is 9.59 Å². The fourth-order valence-electron chi connectivity index (χ4n) is 2.10. The first-order chi connectivity index (χ1) is 8.06. The highest BCUT2D eigenvalue weighted by molar-refractivity contribution is 6.00. The van der Waals surface area contributed by atoms with Gasteiger partial charge in [0.25, 0.3) is 0 Å². The van der Waals surface area contributed by atoms with Crippen molar-refractivity contribution in [3.63, 3.8) is 0 Å². The van der Waals surface area contributed by atoms with Gasteiger partial charge in [-0.2, -0.15) is 0 Å². The van der Waals surface area contributed by atoms with Crippen molar-refractivity contribution >= 4 is 11.8 Å². The minimum Gasteiger partial charge on any atom is -0.377 e. The summed E-state index contributed by atoms with van der Waals surface area (Å²) in [7, 11) is 0. The largest absolute Gasteiger partial charge is 0.377 e. The normalized spacial score (nSPS) is 24.5. The van der Waals surface area contributed by atoms with E-state index >= 15 is 0 Å². The molecule has 0 aromatic carbocycles. The predicted molar refractivity (Wildman–Crippen MR) is 64.9 cm³/mol. The van der Waals surface area contributed by atoms with Crippen molar-refractivity contribution in [3.05, 3.63) is 23.4 Å². The monoisotopic (exact) mass is 234 g/mol. The lowest BCUT2D eigenvalue weighted by Crippen LogP contribution is -2.50. The van der Waals surface area contributed by atoms with Gasteiger partial charge in [0.05, 0.1) is 0 Å². The predicted octanol–water partition coefficient (Wildman–Crippen LogP) is 1.25. The maximum atomic E-state index is 11.6. The van der Waals surface area contributed by atoms with Gasteiger partial charge in [0, 0.05) is 18.5 Å². The van der Waals surface area contributed by atoms with Crippen LogP contribution in [0, 0.1) is 5.92 Å². The molecule has 4 nitrogen and oxygen atoms in total. The Kier molecular flexibility index (Phi) is 3.31. The molecular formula is C13H18N2O2. The number of amides is 2. The third-order valence-corrected chi connectivity index (χ3v) is 3.23. The third kappa shape index (κ3) is 2.75. The highest BCUT2D eigenvalue weighted by Gasteiger charge is 2.27. The quantitative estimate of drug-likeness (QED) is 0.723. The van der Waals surface area contributed by atoms with Crippen LogP contribution in [0.4, 0.5) is 0 Å². The number of imide groups is 1. The van der Waals surface area contributed by atoms with Crippen LogP contribution in [0.15, 0.2) is 23.4 Å². The Balaban J connectivity index is 1.88. The second-order valence-electron chi connectivity index (χ2n) is 4.91. The van der Waals surface area contributed by atoms with E-state index in [-0.39, 0.29) is 17.9 Å². The van der Waals surface area contributed by atoms with Gasteiger partial charge in [0.15, 0.2) is 0 Å². The van der Waals surface area contributed by atoms with Crippen molar-refractivity contribution in [2.75, 3.05) is 0 Å². The van der Waals surface area contributed by atoms with Gasteiger partial charge >= 0.3 is 0 Å². The molecule has 0 aromatic rings. The molecule has 92 valence electrons. The standard InChI is InChI=1S/C13H18N2O2/c1-8(2)9-3-4-10(7-9)14-11-5-6-12(16)15-13(11)17/h3-4,8,11,14H,5-7H2,1-2H3,(H,15,16,17). The van der Waals surface area contributed by atoms with Crippen LogP contribution < -0.4 is 10.6 Å². The summed E-state index contributed by atoms with van der Waals surface area (Å²) in [5, 5.41) is 5.57. The number of rotatable bonds is 3. The van der Waals surface area contributed by atoms with Crippen molar-refractivity contribution < 1.29 is 9.59 Å². The summed E-state index contributed by atoms with van der Waals surface area (Å²) in [6.07, 6.45) is 6.02. The lowest BCUT2D eigenvalue weighted by molar-refractivity contribution is -0.134. The topological polar surface area (TPSA) is 58.2 Å². The fourth-order valence-corrected chi connectivity index (χ4v) is 2.10. The SMILES string of the molecule is CC(C)C1=CC=C(NC2CCC(=O)NC2=O)C1. The summed E-state index contributed by atoms with van der Waals surface area (Å²) >= 11 is 0. The van der Waals surface area contributed by atoms with Crippen molar-refractivity contribution in [3.8, 4) is 0 Å². The number of carbonyl (C=O) groups excluding carboxylic acids is 2. The number of nitrogens with one attached hydrogen (secondary N) is 2. The van der Waals surface area contributed by atoms with Crippen molar-refractivity contribution in [1.29, 1.82) is 0 Å². The smallest absolute Gasteiger partial charge is 0.249 e. The van der Waals surface area contributed by atoms with Gasteiger partial charge in [-0.15, -0.1) is 0 Å². The molecule has 1 aliphatic heterocycles. The number of piperidine rings is 1. The second kappa shape index (κ2) is 4.73. The zero-order valence-electron chi connectivity index (χ0n) is 10.2. The molecule has 4 heteroatoms. The molecule has 2 amide bonds. The van der Waals surface area contributed by atoms with Crippen LogP contribution in [-0.4, -0.2) is 17.9 Å². The average molecular weight is 234 g/mol. The summed E-state index contributed by atoms with van der Waals surface area (Å²) in [6.45, 7) is 4.32. The maximum absolute atomic E-state index is 11.6. The molecule has 1 atom stereocenters. The Labute approximate surface area is 101 Å². The van der Waals surface area contributed by atoms with Crippen LogP contribution >= 0.6 is 0 Å². The highest BCUT2D eigenvalue weighted by atomic mass is 16.2. The molecule has 0 saturated carbocycles. The first kappa shape index (κ1) is 11.9. The van der Waals surface area contributed by atoms with E-state index in [4.69, 9.17) is 0 Å². The first-order valence-corrected chi connectivity index (χ1v) is 6.06. The molecule has 2 aliphatic rings. The van der Waals surface area contributed by atoms with E-state index in [0.717, 1.165) is 12.1 Å². The zero-order chi connectivity index (χ0) is 12.4. The van der Waals surface area contributed by atoms with Gasteiger partial charge in [-0.25, -0.2) is 0 Å². The molecule has 1 fully saturated rings. The number of carbonyl (C=O) groups is 2. The lowest BCUT2D eigenvalue weighted by atomic mass is 10.0. The summed E-state index contributed by atoms with van der Waals surface area (Å²) in [6, 6.07) is -0.265. The third-order valence-electron chi connectivity index (χ3n) is 3.23. The van der Waals surface area contributed by atoms with Crippen LogP contribution in [0.2, 0.25) is 0 Å². The lowest BCUT2D eigenvalue weighted by Gasteiger charge is -2.23. The van der Waals surface area contributed by atoms with Crippen LogP contribution in [0.5, 0.6) is 0 Å². The van der Waals surface area contributed by atoms with Gasteiger partial charge in [-0.05, 0) is 18.4 Å². The minimum absolute atomic E-state index is 0.172. The summed E-state index contributed by atoms with van der Waals surface area (Å²) in [4.78, 5) is 22.6. The van der Waals surface area contributed by atoms with E-state index in [1.54, 1.807) is 0 Å². The maximum Gasteiger partial charge on any atom is 0.249 e. The fraction of sp³-hybridized carbons (Fsp3) is 0.538. The Morgan fingerprint density at radius 3 is 2.71 bits per heavy atom. The molecule has 0 spiro atoms. The Morgan fingerprint density at radius 1 is 1.35 bits per heavy atom. The Morgan fingerprint density at radius 2 is 2.12 bits per heavy atom. The van der Waals surface area contributed by atoms with E-state index < -0.39 is 0 Å². The number of hydrogen-bond acceptors (Lipinski definition) is 3. The van der Waals surface area contributed by atoms with Crippen LogP contribution in [-0.2, 0) is 9.59 Å². The van der Waals surface area contributed by atoms with Gasteiger partial charge in [0.2, 0.25) is 11.8 Å². The molecular weight excluding hydrogens is 216 g/mol. The van der Waals surface area contributed by atoms with Gasteiger partial charge < -0.3 is 5.32 Å². The van der Waals surface area contributed by atoms with Crippen molar-refractivity contribution in [1.82, 2.24) is 10.6 Å². The van der Waals surface area contributed by atoms with E-state index in [1.165, 1.54) is 5.57 Å². The molecule has 1 heterocycles. The van der Waals surface area contributed by atoms with Crippen LogP contribution in [0.3, 0.4) is 0 Å². The zero-order valence-corrected chi connectivity index (χ0v) is 10.2. The Bertz CT molecular complexity index is 408. The van der Waals surface area contributed by atoms with E-state index in [1.807, 2.05) is 6.08 Å². The van der Waals surface area contributed by atoms with Gasteiger partial charge in [-0.3, -0.25) is 14.9 Å². The number of hydrogen-bond donors (Lipinski definition) is 2. The van der Waals surface area contributed by atoms with E-state index in [2.05, 4.69) is 30.6 Å². The summed E-state index contributed by atoms with van der Waals surface area (Å²) in [5.41, 5.74) is 2.45. The summed E-state index contributed by atoms with van der Waals surface area (Å²) in [5.74, 6) is 0.155. The van der Waals surface area contributed by atoms with Crippen LogP contribution in [0.25, 0.3) is 0 Å². The molecule has 0 aromatic heterocycles. The highest BCUT2D eigenvalue weighted by Crippen LogP contribution is 2.24. The molecule has 2 N–H and O–H groups in total. The Hall–Kier alpha value is -1.58. The molecule has 17 heavy (non-hydrogen) atoms. The summed E-state index contributed by atoms with van der Waals surface area (Å²) < 4.78 is 0. The molecule has 1 saturated heterocycles.